The Morgan fingerprint density at radius 1 is 1.00 bits per heavy atom. The fraction of sp³-hybridized carbons (Fsp3) is 0. The van der Waals surface area contributed by atoms with Crippen LogP contribution in [0.1, 0.15) is 0 Å². The van der Waals surface area contributed by atoms with Crippen LogP contribution in [0.15, 0.2) is 0 Å². The molecule has 0 bridgehead atoms. The van der Waals surface area contributed by atoms with Gasteiger partial charge in [-0.2, -0.15) is 0 Å². The van der Waals surface area contributed by atoms with Gasteiger partial charge in [-0.1, -0.05) is 9.83 Å². The van der Waals surface area contributed by atoms with Crippen molar-refractivity contribution in [2.45, 2.75) is 0 Å². The van der Waals surface area contributed by atoms with Crippen molar-refractivity contribution in [3.05, 3.63) is 0 Å². The first kappa shape index (κ1) is 11.2. The van der Waals surface area contributed by atoms with Crippen LogP contribution in [-0.2, 0) is 42.8 Å². The molecule has 0 aromatic rings. The van der Waals surface area contributed by atoms with E-state index in [0.29, 0.717) is 0 Å². The first-order chi connectivity index (χ1) is 2.41. The summed E-state index contributed by atoms with van der Waals surface area (Å²) in [4.78, 5) is 0. The third-order valence-corrected chi connectivity index (χ3v) is 4.50. The molecule has 0 amide bonds. The van der Waals surface area contributed by atoms with Gasteiger partial charge in [-0.25, -0.2) is 0 Å². The van der Waals surface area contributed by atoms with Gasteiger partial charge in [-0.05, 0) is 0 Å². The molecule has 0 saturated carbocycles. The smallest absolute Gasteiger partial charge is 0.706 e. The molecule has 0 atom stereocenters. The zero-order chi connectivity index (χ0) is 4.12. The van der Waals surface area contributed by atoms with Crippen molar-refractivity contribution in [2.75, 3.05) is 0 Å². The van der Waals surface area contributed by atoms with E-state index in [1.807, 2.05) is 0 Å². The van der Waals surface area contributed by atoms with Gasteiger partial charge in [0.1, 0.15) is 0 Å². The standard InChI is InChI=1S/H2S5.Zn/c1-3-5-4-2;/h1-2H;/q;+2/p-2. The molecule has 0 unspecified atom stereocenters. The summed E-state index contributed by atoms with van der Waals surface area (Å²) in [5.41, 5.74) is 0. The molecule has 0 aromatic heterocycles. The molecule has 6 heteroatoms. The second-order valence-electron chi connectivity index (χ2n) is 0.204. The third kappa shape index (κ3) is 9.62. The van der Waals surface area contributed by atoms with Crippen LogP contribution < -0.4 is 0 Å². The molecule has 0 nitrogen and oxygen atoms in total. The SMILES string of the molecule is [S-]SSS[S-].[Zn+2]. The molecule has 0 aliphatic heterocycles. The van der Waals surface area contributed by atoms with Gasteiger partial charge in [0.25, 0.3) is 0 Å². The molecular weight excluding hydrogens is 226 g/mol. The maximum atomic E-state index is 4.44. The fourth-order valence-corrected chi connectivity index (χ4v) is 2.76. The number of rotatable bonds is 2. The first-order valence-corrected chi connectivity index (χ1v) is 6.00. The monoisotopic (exact) mass is 224 g/mol. The molecule has 0 fully saturated rings. The minimum atomic E-state index is 0. The largest absolute Gasteiger partial charge is 2.00 e. The Morgan fingerprint density at radius 3 is 1.33 bits per heavy atom. The van der Waals surface area contributed by atoms with Crippen LogP contribution in [-0.4, -0.2) is 0 Å². The average Bonchev–Trinajstić information content (AvgIpc) is 1.41. The van der Waals surface area contributed by atoms with Gasteiger partial charge in [0.2, 0.25) is 0 Å². The predicted octanol–water partition coefficient (Wildman–Crippen LogP) is 1.94. The van der Waals surface area contributed by atoms with E-state index in [4.69, 9.17) is 0 Å². The molecule has 0 rings (SSSR count). The van der Waals surface area contributed by atoms with Crippen LogP contribution in [0.3, 0.4) is 0 Å². The summed E-state index contributed by atoms with van der Waals surface area (Å²) < 4.78 is 0. The molecule has 32 valence electrons. The van der Waals surface area contributed by atoms with Crippen LogP contribution >= 0.6 is 29.5 Å². The van der Waals surface area contributed by atoms with E-state index in [-0.39, 0.29) is 19.5 Å². The van der Waals surface area contributed by atoms with Gasteiger partial charge in [-0.3, -0.25) is 19.7 Å². The Kier molecular flexibility index (Phi) is 19.4. The zero-order valence-electron chi connectivity index (χ0n) is 2.75. The molecule has 0 radical (unpaired) electrons. The number of hydrogen-bond acceptors (Lipinski definition) is 5. The molecule has 6 heavy (non-hydrogen) atoms. The third-order valence-electron chi connectivity index (χ3n) is 0.0556. The molecule has 0 aliphatic rings. The minimum absolute atomic E-state index is 0. The van der Waals surface area contributed by atoms with E-state index in [0.717, 1.165) is 0 Å². The van der Waals surface area contributed by atoms with Crippen molar-refractivity contribution in [1.82, 2.24) is 0 Å². The summed E-state index contributed by atoms with van der Waals surface area (Å²) in [6, 6.07) is 0. The topological polar surface area (TPSA) is 0 Å². The fourth-order valence-electron chi connectivity index (χ4n) is 0.0113. The van der Waals surface area contributed by atoms with Gasteiger partial charge >= 0.3 is 19.5 Å². The molecule has 0 N–H and O–H groups in total. The minimum Gasteiger partial charge on any atom is -0.706 e. The number of hydrogen-bond donors (Lipinski definition) is 0. The molecule has 0 heterocycles. The van der Waals surface area contributed by atoms with E-state index in [1.54, 1.807) is 0 Å². The molecule has 0 saturated heterocycles. The Bertz CT molecular complexity index is 11.4. The molecular formula is S5Zn. The second-order valence-corrected chi connectivity index (χ2v) is 5.51. The normalized spacial score (nSPS) is 7.00. The van der Waals surface area contributed by atoms with E-state index >= 15 is 0 Å². The van der Waals surface area contributed by atoms with Gasteiger partial charge in [-0.15, -0.1) is 0 Å². The Hall–Kier alpha value is 2.37. The second kappa shape index (κ2) is 10.4. The maximum absolute atomic E-state index is 4.44. The van der Waals surface area contributed by atoms with Crippen molar-refractivity contribution in [2.24, 2.45) is 0 Å². The Balaban J connectivity index is 0. The van der Waals surface area contributed by atoms with Gasteiger partial charge in [0.05, 0.1) is 0 Å². The van der Waals surface area contributed by atoms with Crippen molar-refractivity contribution >= 4 is 52.8 Å². The van der Waals surface area contributed by atoms with Crippen LogP contribution in [0.5, 0.6) is 0 Å². The van der Waals surface area contributed by atoms with Gasteiger partial charge in [0, 0.05) is 0 Å². The van der Waals surface area contributed by atoms with Gasteiger partial charge in [0.15, 0.2) is 0 Å². The summed E-state index contributed by atoms with van der Waals surface area (Å²) in [5, 5.41) is 0. The summed E-state index contributed by atoms with van der Waals surface area (Å²) in [7, 11) is 3.95. The maximum Gasteiger partial charge on any atom is 2.00 e. The summed E-state index contributed by atoms with van der Waals surface area (Å²) >= 11 is 8.89. The molecule has 0 aromatic carbocycles. The van der Waals surface area contributed by atoms with Crippen LogP contribution in [0.25, 0.3) is 0 Å². The van der Waals surface area contributed by atoms with Crippen molar-refractivity contribution in [1.29, 1.82) is 0 Å². The van der Waals surface area contributed by atoms with Crippen molar-refractivity contribution in [3.8, 4) is 0 Å². The quantitative estimate of drug-likeness (QED) is 0.399. The van der Waals surface area contributed by atoms with Crippen LogP contribution in [0.2, 0.25) is 0 Å². The summed E-state index contributed by atoms with van der Waals surface area (Å²) in [6.45, 7) is 0. The van der Waals surface area contributed by atoms with E-state index in [2.05, 4.69) is 23.3 Å². The van der Waals surface area contributed by atoms with E-state index in [1.165, 1.54) is 29.5 Å². The van der Waals surface area contributed by atoms with E-state index in [9.17, 15) is 0 Å². The predicted molar refractivity (Wildman–Crippen MR) is 37.5 cm³/mol. The van der Waals surface area contributed by atoms with E-state index < -0.39 is 0 Å². The Morgan fingerprint density at radius 2 is 1.33 bits per heavy atom. The van der Waals surface area contributed by atoms with Crippen molar-refractivity contribution < 1.29 is 19.5 Å². The van der Waals surface area contributed by atoms with Crippen LogP contribution in [0.4, 0.5) is 0 Å². The van der Waals surface area contributed by atoms with Gasteiger partial charge < -0.3 is 23.3 Å². The molecule has 0 spiro atoms. The molecule has 0 aliphatic carbocycles. The zero-order valence-corrected chi connectivity index (χ0v) is 9.80. The van der Waals surface area contributed by atoms with Crippen molar-refractivity contribution in [3.63, 3.8) is 0 Å². The first-order valence-electron chi connectivity index (χ1n) is 0.667. The van der Waals surface area contributed by atoms with Crippen LogP contribution in [0, 0.1) is 0 Å². The summed E-state index contributed by atoms with van der Waals surface area (Å²) in [6.07, 6.45) is 0. The average molecular weight is 226 g/mol. The Labute approximate surface area is 71.5 Å². The summed E-state index contributed by atoms with van der Waals surface area (Å²) in [5.74, 6) is 0.